The van der Waals surface area contributed by atoms with Crippen LogP contribution >= 0.6 is 0 Å². The average molecular weight is 247 g/mol. The Labute approximate surface area is 97.9 Å². The van der Waals surface area contributed by atoms with Crippen LogP contribution in [0, 0.1) is 5.92 Å². The zero-order valence-electron chi connectivity index (χ0n) is 9.76. The zero-order chi connectivity index (χ0) is 12.2. The first-order valence-corrected chi connectivity index (χ1v) is 7.30. The van der Waals surface area contributed by atoms with E-state index in [1.807, 2.05) is 6.92 Å². The van der Waals surface area contributed by atoms with Gasteiger partial charge in [0.1, 0.15) is 0 Å². The molecule has 0 unspecified atom stereocenters. The minimum Gasteiger partial charge on any atom is -0.378 e. The Kier molecular flexibility index (Phi) is 4.95. The van der Waals surface area contributed by atoms with Crippen molar-refractivity contribution in [1.82, 2.24) is 0 Å². The van der Waals surface area contributed by atoms with Gasteiger partial charge >= 0.3 is 0 Å². The molecule has 0 saturated carbocycles. The summed E-state index contributed by atoms with van der Waals surface area (Å²) in [5.74, 6) is -0.00306. The Morgan fingerprint density at radius 1 is 1.62 bits per heavy atom. The number of sulfonamides is 1. The van der Waals surface area contributed by atoms with Gasteiger partial charge in [-0.15, -0.1) is 6.58 Å². The molecular formula is C11H21NO3S. The fourth-order valence-corrected chi connectivity index (χ4v) is 3.44. The van der Waals surface area contributed by atoms with E-state index in [0.29, 0.717) is 12.8 Å². The summed E-state index contributed by atoms with van der Waals surface area (Å²) >= 11 is 0. The van der Waals surface area contributed by atoms with Gasteiger partial charge in [0, 0.05) is 6.61 Å². The van der Waals surface area contributed by atoms with Crippen molar-refractivity contribution in [2.24, 2.45) is 11.1 Å². The molecule has 4 nitrogen and oxygen atoms in total. The van der Waals surface area contributed by atoms with Crippen molar-refractivity contribution in [3.05, 3.63) is 12.7 Å². The fourth-order valence-electron chi connectivity index (χ4n) is 2.19. The number of ether oxygens (including phenoxy) is 1. The van der Waals surface area contributed by atoms with E-state index in [-0.39, 0.29) is 12.0 Å². The van der Waals surface area contributed by atoms with Crippen molar-refractivity contribution in [2.75, 3.05) is 6.61 Å². The highest BCUT2D eigenvalue weighted by molar-refractivity contribution is 7.89. The maximum Gasteiger partial charge on any atom is 0.212 e. The van der Waals surface area contributed by atoms with Crippen LogP contribution in [0.2, 0.25) is 0 Å². The van der Waals surface area contributed by atoms with Crippen LogP contribution in [0.15, 0.2) is 12.7 Å². The summed E-state index contributed by atoms with van der Waals surface area (Å²) in [5.41, 5.74) is 0. The van der Waals surface area contributed by atoms with Gasteiger partial charge in [0.25, 0.3) is 0 Å². The minimum absolute atomic E-state index is 0.00306. The van der Waals surface area contributed by atoms with Crippen molar-refractivity contribution in [3.8, 4) is 0 Å². The number of hydrogen-bond donors (Lipinski definition) is 1. The Balaban J connectivity index is 2.66. The Hall–Kier alpha value is -0.390. The van der Waals surface area contributed by atoms with Gasteiger partial charge in [0.05, 0.1) is 11.4 Å². The lowest BCUT2D eigenvalue weighted by Crippen LogP contribution is -2.36. The van der Waals surface area contributed by atoms with Gasteiger partial charge in [0.15, 0.2) is 0 Å². The summed E-state index contributed by atoms with van der Waals surface area (Å²) in [6.07, 6.45) is 4.90. The van der Waals surface area contributed by atoms with E-state index in [0.717, 1.165) is 19.4 Å². The number of rotatable bonds is 6. The Morgan fingerprint density at radius 2 is 2.31 bits per heavy atom. The minimum atomic E-state index is -3.50. The maximum atomic E-state index is 11.5. The lowest BCUT2D eigenvalue weighted by Gasteiger charge is -2.23. The van der Waals surface area contributed by atoms with Crippen molar-refractivity contribution in [1.29, 1.82) is 0 Å². The topological polar surface area (TPSA) is 69.4 Å². The van der Waals surface area contributed by atoms with Gasteiger partial charge in [-0.2, -0.15) is 0 Å². The third-order valence-electron chi connectivity index (χ3n) is 3.11. The normalized spacial score (nSPS) is 25.2. The van der Waals surface area contributed by atoms with Gasteiger partial charge in [-0.05, 0) is 31.6 Å². The van der Waals surface area contributed by atoms with Crippen molar-refractivity contribution < 1.29 is 13.2 Å². The molecule has 0 aromatic rings. The number of nitrogens with two attached hydrogens (primary N) is 1. The quantitative estimate of drug-likeness (QED) is 0.722. The second kappa shape index (κ2) is 5.80. The first kappa shape index (κ1) is 13.7. The predicted octanol–water partition coefficient (Wildman–Crippen LogP) is 1.42. The molecule has 1 heterocycles. The van der Waals surface area contributed by atoms with Crippen LogP contribution < -0.4 is 5.14 Å². The monoisotopic (exact) mass is 247 g/mol. The number of hydrogen-bond acceptors (Lipinski definition) is 3. The summed E-state index contributed by atoms with van der Waals surface area (Å²) in [5, 5.41) is 4.75. The second-order valence-electron chi connectivity index (χ2n) is 4.50. The van der Waals surface area contributed by atoms with Crippen LogP contribution in [0.1, 0.15) is 32.6 Å². The largest absolute Gasteiger partial charge is 0.378 e. The van der Waals surface area contributed by atoms with Crippen molar-refractivity contribution in [2.45, 2.75) is 44.0 Å². The Bertz CT molecular complexity index is 320. The summed E-state index contributed by atoms with van der Waals surface area (Å²) < 4.78 is 28.5. The number of allylic oxidation sites excluding steroid dienone is 1. The van der Waals surface area contributed by atoms with Crippen molar-refractivity contribution in [3.63, 3.8) is 0 Å². The highest BCUT2D eigenvalue weighted by Crippen LogP contribution is 2.25. The molecule has 16 heavy (non-hydrogen) atoms. The first-order valence-electron chi connectivity index (χ1n) is 5.69. The summed E-state index contributed by atoms with van der Waals surface area (Å²) in [4.78, 5) is 0. The van der Waals surface area contributed by atoms with Crippen LogP contribution in [0.4, 0.5) is 0 Å². The van der Waals surface area contributed by atoms with Crippen molar-refractivity contribution >= 4 is 10.0 Å². The molecule has 1 aliphatic heterocycles. The molecular weight excluding hydrogens is 226 g/mol. The molecule has 0 spiro atoms. The smallest absolute Gasteiger partial charge is 0.212 e. The van der Waals surface area contributed by atoms with Crippen LogP contribution in [0.3, 0.4) is 0 Å². The van der Waals surface area contributed by atoms with E-state index in [9.17, 15) is 8.42 Å². The molecule has 0 aromatic carbocycles. The lowest BCUT2D eigenvalue weighted by atomic mass is 9.98. The van der Waals surface area contributed by atoms with Crippen LogP contribution in [-0.2, 0) is 14.8 Å². The molecule has 1 aliphatic rings. The average Bonchev–Trinajstić information content (AvgIpc) is 2.64. The summed E-state index contributed by atoms with van der Waals surface area (Å²) in [6, 6.07) is 0. The van der Waals surface area contributed by atoms with E-state index in [1.165, 1.54) is 0 Å². The fraction of sp³-hybridized carbons (Fsp3) is 0.818. The molecule has 0 aromatic heterocycles. The maximum absolute atomic E-state index is 11.5. The molecule has 0 amide bonds. The third kappa shape index (κ3) is 3.88. The van der Waals surface area contributed by atoms with E-state index < -0.39 is 15.3 Å². The van der Waals surface area contributed by atoms with E-state index >= 15 is 0 Å². The SMILES string of the molecule is C=CC[C@@H](C)[C@H](C[C@H]1CCCO1)S(N)(=O)=O. The van der Waals surface area contributed by atoms with E-state index in [4.69, 9.17) is 9.88 Å². The molecule has 5 heteroatoms. The molecule has 0 radical (unpaired) electrons. The first-order chi connectivity index (χ1) is 7.45. The van der Waals surface area contributed by atoms with Gasteiger partial charge in [-0.1, -0.05) is 13.0 Å². The van der Waals surface area contributed by atoms with E-state index in [1.54, 1.807) is 6.08 Å². The van der Waals surface area contributed by atoms with Gasteiger partial charge in [-0.3, -0.25) is 0 Å². The van der Waals surface area contributed by atoms with Crippen LogP contribution in [0.5, 0.6) is 0 Å². The molecule has 94 valence electrons. The molecule has 3 atom stereocenters. The van der Waals surface area contributed by atoms with E-state index in [2.05, 4.69) is 6.58 Å². The van der Waals surface area contributed by atoms with Crippen LogP contribution in [-0.4, -0.2) is 26.4 Å². The summed E-state index contributed by atoms with van der Waals surface area (Å²) in [6.45, 7) is 6.26. The van der Waals surface area contributed by atoms with Gasteiger partial charge in [0.2, 0.25) is 10.0 Å². The standard InChI is InChI=1S/C11H21NO3S/c1-3-5-9(2)11(16(12,13)14)8-10-6-4-7-15-10/h3,9-11H,1,4-8H2,2H3,(H2,12,13,14)/t9-,10-,11+/m1/s1. The molecule has 0 bridgehead atoms. The van der Waals surface area contributed by atoms with Gasteiger partial charge < -0.3 is 4.74 Å². The molecule has 0 aliphatic carbocycles. The van der Waals surface area contributed by atoms with Gasteiger partial charge in [-0.25, -0.2) is 13.6 Å². The lowest BCUT2D eigenvalue weighted by molar-refractivity contribution is 0.0996. The molecule has 1 saturated heterocycles. The highest BCUT2D eigenvalue weighted by atomic mass is 32.2. The number of primary sulfonamides is 1. The predicted molar refractivity (Wildman–Crippen MR) is 64.5 cm³/mol. The third-order valence-corrected chi connectivity index (χ3v) is 4.62. The molecule has 1 fully saturated rings. The zero-order valence-corrected chi connectivity index (χ0v) is 10.6. The molecule has 2 N–H and O–H groups in total. The van der Waals surface area contributed by atoms with Crippen LogP contribution in [0.25, 0.3) is 0 Å². The summed E-state index contributed by atoms with van der Waals surface area (Å²) in [7, 11) is -3.50. The molecule has 1 rings (SSSR count). The Morgan fingerprint density at radius 3 is 2.75 bits per heavy atom. The highest BCUT2D eigenvalue weighted by Gasteiger charge is 2.31. The second-order valence-corrected chi connectivity index (χ2v) is 6.28.